The Morgan fingerprint density at radius 2 is 2.28 bits per heavy atom. The van der Waals surface area contributed by atoms with Crippen LogP contribution in [-0.2, 0) is 0 Å². The molecule has 0 saturated carbocycles. The largest absolute Gasteiger partial charge is 0.340 e. The number of piperidine rings is 1. The van der Waals surface area contributed by atoms with E-state index in [0.717, 1.165) is 18.9 Å². The van der Waals surface area contributed by atoms with Gasteiger partial charge in [-0.05, 0) is 45.3 Å². The number of H-pyrrole nitrogens is 1. The molecule has 2 rings (SSSR count). The Labute approximate surface area is 107 Å². The molecule has 0 spiro atoms. The lowest BCUT2D eigenvalue weighted by Gasteiger charge is -2.29. The molecule has 6 heteroatoms. The van der Waals surface area contributed by atoms with Crippen molar-refractivity contribution in [3.8, 4) is 0 Å². The van der Waals surface area contributed by atoms with E-state index in [-0.39, 0.29) is 5.91 Å². The predicted molar refractivity (Wildman–Crippen MR) is 68.2 cm³/mol. The topological polar surface area (TPSA) is 65.1 Å². The summed E-state index contributed by atoms with van der Waals surface area (Å²) in [5.74, 6) is 0.686. The van der Waals surface area contributed by atoms with E-state index < -0.39 is 0 Å². The Balaban J connectivity index is 1.75. The monoisotopic (exact) mass is 251 g/mol. The highest BCUT2D eigenvalue weighted by Gasteiger charge is 2.19. The molecule has 1 aliphatic heterocycles. The summed E-state index contributed by atoms with van der Waals surface area (Å²) in [6.07, 6.45) is 5.09. The molecule has 6 nitrogen and oxygen atoms in total. The van der Waals surface area contributed by atoms with Crippen LogP contribution in [0.2, 0.25) is 0 Å². The van der Waals surface area contributed by atoms with Crippen LogP contribution >= 0.6 is 0 Å². The fourth-order valence-corrected chi connectivity index (χ4v) is 2.33. The summed E-state index contributed by atoms with van der Waals surface area (Å²) in [4.78, 5) is 16.0. The van der Waals surface area contributed by atoms with Crippen LogP contribution in [0, 0.1) is 5.92 Å². The highest BCUT2D eigenvalue weighted by molar-refractivity contribution is 5.91. The lowest BCUT2D eigenvalue weighted by Crippen LogP contribution is -2.33. The molecule has 1 aliphatic rings. The van der Waals surface area contributed by atoms with E-state index in [9.17, 15) is 4.79 Å². The third-order valence-electron chi connectivity index (χ3n) is 3.69. The Kier molecular flexibility index (Phi) is 4.30. The van der Waals surface area contributed by atoms with Crippen molar-refractivity contribution >= 4 is 5.91 Å². The van der Waals surface area contributed by atoms with E-state index in [4.69, 9.17) is 0 Å². The number of hydrogen-bond acceptors (Lipinski definition) is 4. The summed E-state index contributed by atoms with van der Waals surface area (Å²) in [7, 11) is 3.99. The van der Waals surface area contributed by atoms with E-state index >= 15 is 0 Å². The number of amides is 1. The van der Waals surface area contributed by atoms with Gasteiger partial charge in [-0.1, -0.05) is 5.21 Å². The molecule has 1 aromatic heterocycles. The Bertz CT molecular complexity index is 370. The molecule has 1 amide bonds. The van der Waals surface area contributed by atoms with Crippen molar-refractivity contribution in [1.82, 2.24) is 25.2 Å². The molecule has 0 aromatic carbocycles. The molecular weight excluding hydrogens is 230 g/mol. The number of likely N-dealkylation sites (tertiary alicyclic amines) is 1. The van der Waals surface area contributed by atoms with Gasteiger partial charge in [-0.15, -0.1) is 5.10 Å². The van der Waals surface area contributed by atoms with Crippen LogP contribution in [0.15, 0.2) is 6.20 Å². The van der Waals surface area contributed by atoms with Crippen molar-refractivity contribution in [3.63, 3.8) is 0 Å². The number of aromatic amines is 1. The first kappa shape index (κ1) is 13.0. The van der Waals surface area contributed by atoms with Crippen LogP contribution < -0.4 is 0 Å². The third kappa shape index (κ3) is 3.29. The van der Waals surface area contributed by atoms with Crippen LogP contribution in [0.3, 0.4) is 0 Å². The van der Waals surface area contributed by atoms with Crippen molar-refractivity contribution in [2.45, 2.75) is 19.3 Å². The average Bonchev–Trinajstić information content (AvgIpc) is 2.90. The predicted octanol–water partition coefficient (Wildman–Crippen LogP) is 0.609. The first-order valence-electron chi connectivity index (χ1n) is 6.47. The molecule has 0 unspecified atom stereocenters. The number of aromatic nitrogens is 3. The van der Waals surface area contributed by atoms with Crippen molar-refractivity contribution < 1.29 is 4.79 Å². The summed E-state index contributed by atoms with van der Waals surface area (Å²) < 4.78 is 0. The van der Waals surface area contributed by atoms with Crippen LogP contribution in [-0.4, -0.2) is 64.8 Å². The zero-order valence-corrected chi connectivity index (χ0v) is 11.1. The number of nitrogens with zero attached hydrogens (tertiary/aromatic N) is 4. The van der Waals surface area contributed by atoms with Crippen LogP contribution in [0.4, 0.5) is 0 Å². The first-order chi connectivity index (χ1) is 8.66. The molecule has 1 fully saturated rings. The van der Waals surface area contributed by atoms with Gasteiger partial charge in [-0.3, -0.25) is 9.89 Å². The minimum Gasteiger partial charge on any atom is -0.340 e. The summed E-state index contributed by atoms with van der Waals surface area (Å²) in [5, 5.41) is 9.86. The molecule has 1 saturated heterocycles. The standard InChI is InChI=1S/C12H21N5O/c1-16-6-3-10(4-7-16)5-8-17(2)12(18)11-9-13-15-14-11/h9-10H,3-8H2,1-2H3,(H,13,14,15). The van der Waals surface area contributed by atoms with Crippen LogP contribution in [0.5, 0.6) is 0 Å². The van der Waals surface area contributed by atoms with Gasteiger partial charge in [-0.2, -0.15) is 0 Å². The van der Waals surface area contributed by atoms with Gasteiger partial charge in [-0.25, -0.2) is 0 Å². The fourth-order valence-electron chi connectivity index (χ4n) is 2.33. The van der Waals surface area contributed by atoms with E-state index in [0.29, 0.717) is 5.69 Å². The molecule has 0 aliphatic carbocycles. The van der Waals surface area contributed by atoms with E-state index in [1.807, 2.05) is 7.05 Å². The lowest BCUT2D eigenvalue weighted by molar-refractivity contribution is 0.0774. The zero-order chi connectivity index (χ0) is 13.0. The van der Waals surface area contributed by atoms with Gasteiger partial charge in [0, 0.05) is 13.6 Å². The van der Waals surface area contributed by atoms with Gasteiger partial charge in [0.1, 0.15) is 0 Å². The minimum absolute atomic E-state index is 0.0586. The van der Waals surface area contributed by atoms with Gasteiger partial charge in [0.15, 0.2) is 5.69 Å². The first-order valence-corrected chi connectivity index (χ1v) is 6.47. The Morgan fingerprint density at radius 1 is 1.56 bits per heavy atom. The molecular formula is C12H21N5O. The molecule has 1 aromatic rings. The zero-order valence-electron chi connectivity index (χ0n) is 11.1. The number of rotatable bonds is 4. The number of nitrogens with one attached hydrogen (secondary N) is 1. The van der Waals surface area contributed by atoms with E-state index in [1.165, 1.54) is 32.1 Å². The molecule has 0 radical (unpaired) electrons. The molecule has 100 valence electrons. The van der Waals surface area contributed by atoms with Gasteiger partial charge < -0.3 is 9.80 Å². The number of carbonyl (C=O) groups excluding carboxylic acids is 1. The van der Waals surface area contributed by atoms with Crippen molar-refractivity contribution in [1.29, 1.82) is 0 Å². The van der Waals surface area contributed by atoms with Crippen molar-refractivity contribution in [2.75, 3.05) is 33.7 Å². The maximum Gasteiger partial charge on any atom is 0.275 e. The molecule has 1 N–H and O–H groups in total. The minimum atomic E-state index is -0.0586. The molecule has 18 heavy (non-hydrogen) atoms. The normalized spacial score (nSPS) is 17.9. The fraction of sp³-hybridized carbons (Fsp3) is 0.750. The van der Waals surface area contributed by atoms with E-state index in [1.54, 1.807) is 4.90 Å². The summed E-state index contributed by atoms with van der Waals surface area (Å²) >= 11 is 0. The molecule has 2 heterocycles. The third-order valence-corrected chi connectivity index (χ3v) is 3.69. The van der Waals surface area contributed by atoms with Gasteiger partial charge in [0.2, 0.25) is 0 Å². The van der Waals surface area contributed by atoms with Gasteiger partial charge >= 0.3 is 0 Å². The van der Waals surface area contributed by atoms with Crippen LogP contribution in [0.1, 0.15) is 29.8 Å². The number of carbonyl (C=O) groups is 1. The second-order valence-corrected chi connectivity index (χ2v) is 5.12. The van der Waals surface area contributed by atoms with Crippen molar-refractivity contribution in [2.24, 2.45) is 5.92 Å². The second-order valence-electron chi connectivity index (χ2n) is 5.12. The number of hydrogen-bond donors (Lipinski definition) is 1. The summed E-state index contributed by atoms with van der Waals surface area (Å²) in [5.41, 5.74) is 0.390. The average molecular weight is 251 g/mol. The van der Waals surface area contributed by atoms with E-state index in [2.05, 4.69) is 27.4 Å². The molecule has 0 bridgehead atoms. The highest BCUT2D eigenvalue weighted by Crippen LogP contribution is 2.19. The smallest absolute Gasteiger partial charge is 0.275 e. The maximum atomic E-state index is 11.9. The van der Waals surface area contributed by atoms with Gasteiger partial charge in [0.25, 0.3) is 5.91 Å². The second kappa shape index (κ2) is 5.95. The van der Waals surface area contributed by atoms with Gasteiger partial charge in [0.05, 0.1) is 6.20 Å². The summed E-state index contributed by atoms with van der Waals surface area (Å²) in [6, 6.07) is 0. The Hall–Kier alpha value is -1.43. The quantitative estimate of drug-likeness (QED) is 0.851. The lowest BCUT2D eigenvalue weighted by atomic mass is 9.94. The maximum absolute atomic E-state index is 11.9. The molecule has 0 atom stereocenters. The van der Waals surface area contributed by atoms with Crippen molar-refractivity contribution in [3.05, 3.63) is 11.9 Å². The SMILES string of the molecule is CN1CCC(CCN(C)C(=O)c2c[nH]nn2)CC1. The Morgan fingerprint density at radius 3 is 2.89 bits per heavy atom. The highest BCUT2D eigenvalue weighted by atomic mass is 16.2. The summed E-state index contributed by atoms with van der Waals surface area (Å²) in [6.45, 7) is 3.14. The van der Waals surface area contributed by atoms with Crippen LogP contribution in [0.25, 0.3) is 0 Å².